The zero-order valence-corrected chi connectivity index (χ0v) is 27.5. The summed E-state index contributed by atoms with van der Waals surface area (Å²) < 4.78 is 4.90. The lowest BCUT2D eigenvalue weighted by molar-refractivity contribution is -0.133. The Hall–Kier alpha value is -4.20. The molecule has 1 aliphatic carbocycles. The van der Waals surface area contributed by atoms with Gasteiger partial charge in [0.1, 0.15) is 17.8 Å². The van der Waals surface area contributed by atoms with Crippen LogP contribution >= 0.6 is 0 Å². The van der Waals surface area contributed by atoms with E-state index in [9.17, 15) is 24.4 Å². The molecule has 1 aliphatic heterocycles. The number of hydrogen-bond donors (Lipinski definition) is 3. The number of nitrogens with one attached hydrogen (secondary N) is 3. The third kappa shape index (κ3) is 15.3. The van der Waals surface area contributed by atoms with Crippen LogP contribution in [0.25, 0.3) is 0 Å². The number of aryl methyl sites for hydroxylation is 1. The van der Waals surface area contributed by atoms with E-state index in [1.807, 2.05) is 51.1 Å². The first-order valence-electron chi connectivity index (χ1n) is 15.3. The molecule has 2 fully saturated rings. The van der Waals surface area contributed by atoms with Crippen LogP contribution in [0.15, 0.2) is 40.9 Å². The maximum absolute atomic E-state index is 12.6. The summed E-state index contributed by atoms with van der Waals surface area (Å²) in [6.45, 7) is 16.7. The summed E-state index contributed by atoms with van der Waals surface area (Å²) in [7, 11) is 0. The number of nitrogens with zero attached hydrogens (tertiary/aromatic N) is 3. The van der Waals surface area contributed by atoms with Crippen molar-refractivity contribution < 1.29 is 23.7 Å². The average Bonchev–Trinajstić information content (AvgIpc) is 3.55. The van der Waals surface area contributed by atoms with E-state index in [1.54, 1.807) is 6.92 Å². The fourth-order valence-corrected chi connectivity index (χ4v) is 4.06. The van der Waals surface area contributed by atoms with E-state index >= 15 is 0 Å². The summed E-state index contributed by atoms with van der Waals surface area (Å²) >= 11 is 0. The summed E-state index contributed by atoms with van der Waals surface area (Å²) in [5.74, 6) is -0.0134. The van der Waals surface area contributed by atoms with Crippen LogP contribution in [0.4, 0.5) is 5.69 Å². The number of carbonyl (C=O) groups is 4. The van der Waals surface area contributed by atoms with E-state index in [0.717, 1.165) is 18.5 Å². The maximum atomic E-state index is 12.6. The van der Waals surface area contributed by atoms with Crippen molar-refractivity contribution in [1.29, 1.82) is 5.26 Å². The Kier molecular flexibility index (Phi) is 16.5. The molecule has 0 bridgehead atoms. The molecule has 0 spiro atoms. The van der Waals surface area contributed by atoms with Crippen molar-refractivity contribution in [3.8, 4) is 6.07 Å². The molecule has 2 aliphatic rings. The lowest BCUT2D eigenvalue weighted by Crippen LogP contribution is -2.50. The standard InChI is InChI=1S/C19H25N5O4.C7H7NO.C5H12.C2H6/c1-11-5-14(8-20)24(10-11)17(25)9-21-18(26)15(7-13-3-4-13)22-19(27)16-6-12(2)28-23-16;9-6-8-7-4-2-1-3-5-7;1-5(2,3)4;1-2/h6,11,13-15H,3-5,7,9-10H2,1-2H3,(H,21,26)(H,22,27);1-6H,(H,8,9);1-4H3;1-2H3. The smallest absolute Gasteiger partial charge is 0.274 e. The molecule has 1 saturated heterocycles. The first kappa shape index (κ1) is 37.8. The number of carbonyl (C=O) groups excluding carboxylic acids is 4. The molecule has 11 heteroatoms. The van der Waals surface area contributed by atoms with Crippen LogP contribution < -0.4 is 16.0 Å². The van der Waals surface area contributed by atoms with Gasteiger partial charge in [0.25, 0.3) is 5.91 Å². The molecular weight excluding hydrogens is 560 g/mol. The SMILES string of the molecule is CC.CC(C)(C)C.Cc1cc(C(=O)NC(CC2CC2)C(=O)NCC(=O)N2CC(C)CC2C#N)no1.O=CNc1ccccc1. The minimum absolute atomic E-state index is 0.116. The van der Waals surface area contributed by atoms with Crippen molar-refractivity contribution in [1.82, 2.24) is 20.7 Å². The van der Waals surface area contributed by atoms with Gasteiger partial charge in [0.2, 0.25) is 18.2 Å². The van der Waals surface area contributed by atoms with Gasteiger partial charge >= 0.3 is 0 Å². The van der Waals surface area contributed by atoms with Gasteiger partial charge in [-0.05, 0) is 49.1 Å². The molecule has 0 radical (unpaired) electrons. The highest BCUT2D eigenvalue weighted by atomic mass is 16.5. The van der Waals surface area contributed by atoms with Gasteiger partial charge in [-0.3, -0.25) is 19.2 Å². The largest absolute Gasteiger partial charge is 0.361 e. The van der Waals surface area contributed by atoms with Crippen molar-refractivity contribution in [2.45, 2.75) is 93.2 Å². The molecule has 3 unspecified atom stereocenters. The van der Waals surface area contributed by atoms with Gasteiger partial charge in [0.15, 0.2) is 5.69 Å². The number of nitriles is 1. The highest BCUT2D eigenvalue weighted by Gasteiger charge is 2.34. The van der Waals surface area contributed by atoms with Crippen molar-refractivity contribution in [2.24, 2.45) is 17.3 Å². The molecule has 3 N–H and O–H groups in total. The number of para-hydroxylation sites is 1. The van der Waals surface area contributed by atoms with Crippen LogP contribution in [0.5, 0.6) is 0 Å². The molecule has 242 valence electrons. The lowest BCUT2D eigenvalue weighted by atomic mass is 10.0. The zero-order valence-electron chi connectivity index (χ0n) is 27.5. The second kappa shape index (κ2) is 19.2. The molecule has 11 nitrogen and oxygen atoms in total. The van der Waals surface area contributed by atoms with Crippen LogP contribution in [0, 0.1) is 35.5 Å². The normalized spacial score (nSPS) is 17.5. The second-order valence-corrected chi connectivity index (χ2v) is 12.4. The molecule has 4 amide bonds. The van der Waals surface area contributed by atoms with Crippen LogP contribution in [-0.4, -0.2) is 59.4 Å². The van der Waals surface area contributed by atoms with E-state index in [0.29, 0.717) is 42.9 Å². The Morgan fingerprint density at radius 1 is 1.16 bits per heavy atom. The Bertz CT molecular complexity index is 1210. The van der Waals surface area contributed by atoms with Gasteiger partial charge in [-0.1, -0.05) is 84.7 Å². The van der Waals surface area contributed by atoms with E-state index in [2.05, 4.69) is 54.9 Å². The third-order valence-electron chi connectivity index (χ3n) is 6.14. The topological polar surface area (TPSA) is 157 Å². The monoisotopic (exact) mass is 610 g/mol. The molecule has 44 heavy (non-hydrogen) atoms. The second-order valence-electron chi connectivity index (χ2n) is 12.4. The van der Waals surface area contributed by atoms with Gasteiger partial charge in [-0.25, -0.2) is 0 Å². The third-order valence-corrected chi connectivity index (χ3v) is 6.14. The highest BCUT2D eigenvalue weighted by molar-refractivity contribution is 5.96. The first-order chi connectivity index (χ1) is 20.8. The van der Waals surface area contributed by atoms with E-state index in [4.69, 9.17) is 4.52 Å². The van der Waals surface area contributed by atoms with Crippen molar-refractivity contribution >= 4 is 29.8 Å². The molecule has 4 rings (SSSR count). The molecule has 1 aromatic heterocycles. The number of hydrogen-bond acceptors (Lipinski definition) is 7. The number of rotatable bonds is 9. The summed E-state index contributed by atoms with van der Waals surface area (Å²) in [5.41, 5.74) is 1.44. The molecule has 3 atom stereocenters. The maximum Gasteiger partial charge on any atom is 0.274 e. The summed E-state index contributed by atoms with van der Waals surface area (Å²) in [5, 5.41) is 20.7. The van der Waals surface area contributed by atoms with Gasteiger partial charge in [0.05, 0.1) is 12.6 Å². The molecule has 1 aromatic carbocycles. The quantitative estimate of drug-likeness (QED) is 0.334. The Morgan fingerprint density at radius 3 is 2.27 bits per heavy atom. The van der Waals surface area contributed by atoms with Crippen molar-refractivity contribution in [3.63, 3.8) is 0 Å². The predicted molar refractivity (Wildman–Crippen MR) is 170 cm³/mol. The molecule has 2 heterocycles. The van der Waals surface area contributed by atoms with Crippen LogP contribution in [-0.2, 0) is 14.4 Å². The molecule has 1 saturated carbocycles. The molecule has 2 aromatic rings. The van der Waals surface area contributed by atoms with E-state index < -0.39 is 23.9 Å². The highest BCUT2D eigenvalue weighted by Crippen LogP contribution is 2.33. The number of aromatic nitrogens is 1. The fraction of sp³-hybridized carbons (Fsp3) is 0.576. The van der Waals surface area contributed by atoms with Gasteiger partial charge < -0.3 is 25.4 Å². The first-order valence-corrected chi connectivity index (χ1v) is 15.3. The predicted octanol–water partition coefficient (Wildman–Crippen LogP) is 5.09. The van der Waals surface area contributed by atoms with Gasteiger partial charge in [-0.2, -0.15) is 5.26 Å². The summed E-state index contributed by atoms with van der Waals surface area (Å²) in [6, 6.07) is 11.7. The average molecular weight is 611 g/mol. The Morgan fingerprint density at radius 2 is 1.77 bits per heavy atom. The summed E-state index contributed by atoms with van der Waals surface area (Å²) in [4.78, 5) is 48.7. The van der Waals surface area contributed by atoms with Gasteiger partial charge in [-0.15, -0.1) is 0 Å². The van der Waals surface area contributed by atoms with E-state index in [-0.39, 0.29) is 24.1 Å². The Balaban J connectivity index is 0.000000497. The number of benzene rings is 1. The fourth-order valence-electron chi connectivity index (χ4n) is 4.06. The minimum atomic E-state index is -0.742. The van der Waals surface area contributed by atoms with Crippen molar-refractivity contribution in [2.75, 3.05) is 18.4 Å². The number of amides is 4. The van der Waals surface area contributed by atoms with E-state index in [1.165, 1.54) is 11.0 Å². The number of anilines is 1. The van der Waals surface area contributed by atoms with Crippen LogP contribution in [0.3, 0.4) is 0 Å². The zero-order chi connectivity index (χ0) is 33.3. The van der Waals surface area contributed by atoms with Crippen LogP contribution in [0.1, 0.15) is 90.4 Å². The minimum Gasteiger partial charge on any atom is -0.361 e. The van der Waals surface area contributed by atoms with Crippen LogP contribution in [0.2, 0.25) is 0 Å². The Labute approximate surface area is 262 Å². The van der Waals surface area contributed by atoms with Gasteiger partial charge in [0, 0.05) is 18.3 Å². The molecular formula is C33H50N6O5. The summed E-state index contributed by atoms with van der Waals surface area (Å²) in [6.07, 6.45) is 3.88. The van der Waals surface area contributed by atoms with Crippen molar-refractivity contribution in [3.05, 3.63) is 47.9 Å². The number of likely N-dealkylation sites (tertiary alicyclic amines) is 1. The lowest BCUT2D eigenvalue weighted by Gasteiger charge is -2.21.